The molecule has 0 saturated carbocycles. The SMILES string of the molecule is CCn1cc(C(=O)Cl)c(=O)c2cc(F)c(N3CCN(Cc4cnc(C)c(O)c4C)C(C)C3)c(F)c21. The Hall–Kier alpha value is -3.04. The van der Waals surface area contributed by atoms with Crippen molar-refractivity contribution in [2.75, 3.05) is 24.5 Å². The number of halogens is 3. The number of hydrogen-bond donors (Lipinski definition) is 1. The number of pyridine rings is 2. The second-order valence-corrected chi connectivity index (χ2v) is 9.30. The van der Waals surface area contributed by atoms with E-state index in [-0.39, 0.29) is 40.5 Å². The summed E-state index contributed by atoms with van der Waals surface area (Å²) in [5.74, 6) is -1.52. The predicted octanol–water partition coefficient (Wildman–Crippen LogP) is 4.11. The molecule has 1 fully saturated rings. The van der Waals surface area contributed by atoms with Crippen LogP contribution in [0.1, 0.15) is 41.0 Å². The molecule has 7 nitrogen and oxygen atoms in total. The maximum atomic E-state index is 15.8. The first-order chi connectivity index (χ1) is 16.5. The number of aryl methyl sites for hydroxylation is 2. The van der Waals surface area contributed by atoms with Gasteiger partial charge in [-0.15, -0.1) is 0 Å². The molecular weight excluding hydrogens is 478 g/mol. The third-order valence-corrected chi connectivity index (χ3v) is 7.03. The number of hydrogen-bond acceptors (Lipinski definition) is 6. The molecule has 1 unspecified atom stereocenters. The summed E-state index contributed by atoms with van der Waals surface area (Å²) in [6.45, 7) is 9.36. The number of aromatic nitrogens is 2. The Bertz CT molecular complexity index is 1390. The largest absolute Gasteiger partial charge is 0.506 e. The van der Waals surface area contributed by atoms with Crippen LogP contribution < -0.4 is 10.3 Å². The van der Waals surface area contributed by atoms with E-state index in [1.165, 1.54) is 10.8 Å². The minimum Gasteiger partial charge on any atom is -0.506 e. The lowest BCUT2D eigenvalue weighted by atomic mass is 10.1. The zero-order valence-corrected chi connectivity index (χ0v) is 20.8. The van der Waals surface area contributed by atoms with E-state index in [4.69, 9.17) is 11.6 Å². The van der Waals surface area contributed by atoms with E-state index < -0.39 is 22.3 Å². The molecule has 0 radical (unpaired) electrons. The van der Waals surface area contributed by atoms with Crippen LogP contribution >= 0.6 is 11.6 Å². The second kappa shape index (κ2) is 9.54. The number of carbonyl (C=O) groups is 1. The highest BCUT2D eigenvalue weighted by molar-refractivity contribution is 6.67. The van der Waals surface area contributed by atoms with E-state index in [1.807, 2.05) is 13.8 Å². The molecule has 0 amide bonds. The Balaban J connectivity index is 1.67. The highest BCUT2D eigenvalue weighted by Crippen LogP contribution is 2.32. The Labute approximate surface area is 206 Å². The first kappa shape index (κ1) is 25.1. The highest BCUT2D eigenvalue weighted by Gasteiger charge is 2.30. The average Bonchev–Trinajstić information content (AvgIpc) is 2.81. The third kappa shape index (κ3) is 4.38. The van der Waals surface area contributed by atoms with Gasteiger partial charge in [-0.2, -0.15) is 0 Å². The molecule has 0 aliphatic carbocycles. The Kier molecular flexibility index (Phi) is 6.83. The predicted molar refractivity (Wildman–Crippen MR) is 131 cm³/mol. The number of anilines is 1. The van der Waals surface area contributed by atoms with Crippen molar-refractivity contribution in [3.05, 3.63) is 62.7 Å². The van der Waals surface area contributed by atoms with Gasteiger partial charge in [0.25, 0.3) is 5.24 Å². The lowest BCUT2D eigenvalue weighted by Crippen LogP contribution is -2.52. The number of benzene rings is 1. The lowest BCUT2D eigenvalue weighted by molar-refractivity contribution is 0.108. The molecule has 1 aliphatic heterocycles. The first-order valence-electron chi connectivity index (χ1n) is 11.4. The quantitative estimate of drug-likeness (QED) is 0.527. The van der Waals surface area contributed by atoms with Crippen molar-refractivity contribution in [3.8, 4) is 5.75 Å². The van der Waals surface area contributed by atoms with E-state index in [0.29, 0.717) is 31.9 Å². The van der Waals surface area contributed by atoms with Crippen LogP contribution in [0.5, 0.6) is 5.75 Å². The fourth-order valence-corrected chi connectivity index (χ4v) is 4.86. The normalized spacial score (nSPS) is 16.8. The molecule has 186 valence electrons. The number of piperazine rings is 1. The van der Waals surface area contributed by atoms with Gasteiger partial charge in [-0.1, -0.05) is 0 Å². The lowest BCUT2D eigenvalue weighted by Gasteiger charge is -2.41. The minimum atomic E-state index is -0.971. The molecule has 4 rings (SSSR count). The topological polar surface area (TPSA) is 78.7 Å². The van der Waals surface area contributed by atoms with Crippen LogP contribution in [-0.2, 0) is 13.1 Å². The summed E-state index contributed by atoms with van der Waals surface area (Å²) in [5, 5.41) is 9.02. The zero-order chi connectivity index (χ0) is 25.6. The molecule has 2 aromatic heterocycles. The number of aromatic hydroxyl groups is 1. The maximum absolute atomic E-state index is 15.8. The van der Waals surface area contributed by atoms with E-state index in [9.17, 15) is 14.7 Å². The van der Waals surface area contributed by atoms with Gasteiger partial charge in [0.1, 0.15) is 17.3 Å². The molecule has 3 aromatic rings. The summed E-state index contributed by atoms with van der Waals surface area (Å²) >= 11 is 5.51. The van der Waals surface area contributed by atoms with E-state index in [0.717, 1.165) is 17.2 Å². The molecule has 3 heterocycles. The van der Waals surface area contributed by atoms with E-state index in [1.54, 1.807) is 24.9 Å². The zero-order valence-electron chi connectivity index (χ0n) is 20.0. The smallest absolute Gasteiger partial charge is 0.257 e. The number of nitrogens with zero attached hydrogens (tertiary/aromatic N) is 4. The Morgan fingerprint density at radius 1 is 1.29 bits per heavy atom. The number of carbonyl (C=O) groups excluding carboxylic acids is 1. The third-order valence-electron chi connectivity index (χ3n) is 6.83. The molecule has 35 heavy (non-hydrogen) atoms. The Morgan fingerprint density at radius 2 is 2.00 bits per heavy atom. The molecular formula is C25H27ClF2N4O3. The van der Waals surface area contributed by atoms with E-state index in [2.05, 4.69) is 9.88 Å². The molecule has 1 atom stereocenters. The van der Waals surface area contributed by atoms with Gasteiger partial charge in [0.15, 0.2) is 5.82 Å². The molecule has 1 aliphatic rings. The van der Waals surface area contributed by atoms with Crippen molar-refractivity contribution >= 4 is 33.4 Å². The summed E-state index contributed by atoms with van der Waals surface area (Å²) in [4.78, 5) is 32.4. The van der Waals surface area contributed by atoms with Crippen LogP contribution in [0.4, 0.5) is 14.5 Å². The van der Waals surface area contributed by atoms with Crippen LogP contribution in [-0.4, -0.2) is 50.5 Å². The van der Waals surface area contributed by atoms with Gasteiger partial charge in [0, 0.05) is 51.2 Å². The molecule has 1 aromatic carbocycles. The highest BCUT2D eigenvalue weighted by atomic mass is 35.5. The molecule has 1 N–H and O–H groups in total. The number of fused-ring (bicyclic) bond motifs is 1. The summed E-state index contributed by atoms with van der Waals surface area (Å²) < 4.78 is 32.4. The Morgan fingerprint density at radius 3 is 2.63 bits per heavy atom. The van der Waals surface area contributed by atoms with Crippen molar-refractivity contribution < 1.29 is 18.7 Å². The molecule has 10 heteroatoms. The van der Waals surface area contributed by atoms with Crippen molar-refractivity contribution in [2.24, 2.45) is 0 Å². The molecule has 1 saturated heterocycles. The second-order valence-electron chi connectivity index (χ2n) is 8.96. The van der Waals surface area contributed by atoms with Gasteiger partial charge in [-0.25, -0.2) is 8.78 Å². The first-order valence-corrected chi connectivity index (χ1v) is 11.8. The van der Waals surface area contributed by atoms with Crippen LogP contribution in [0, 0.1) is 25.5 Å². The van der Waals surface area contributed by atoms with Gasteiger partial charge in [0.2, 0.25) is 5.43 Å². The van der Waals surface area contributed by atoms with Crippen molar-refractivity contribution in [1.82, 2.24) is 14.5 Å². The minimum absolute atomic E-state index is 0.0503. The standard InChI is InChI=1S/C25H27ClF2N4O3/c1-5-30-12-18(25(26)35)24(34)17-8-19(27)22(20(28)21(17)30)32-7-6-31(13(2)10-32)11-16-9-29-15(4)23(33)14(16)3/h8-9,12-13,33H,5-7,10-11H2,1-4H3. The van der Waals surface area contributed by atoms with Crippen molar-refractivity contribution in [2.45, 2.75) is 46.8 Å². The van der Waals surface area contributed by atoms with Gasteiger partial charge >= 0.3 is 0 Å². The van der Waals surface area contributed by atoms with Gasteiger partial charge < -0.3 is 14.6 Å². The average molecular weight is 505 g/mol. The monoisotopic (exact) mass is 504 g/mol. The van der Waals surface area contributed by atoms with Crippen LogP contribution in [0.3, 0.4) is 0 Å². The summed E-state index contributed by atoms with van der Waals surface area (Å²) in [6.07, 6.45) is 2.97. The van der Waals surface area contributed by atoms with Crippen LogP contribution in [0.15, 0.2) is 23.3 Å². The fourth-order valence-electron chi connectivity index (χ4n) is 4.72. The molecule has 0 bridgehead atoms. The van der Waals surface area contributed by atoms with Gasteiger partial charge in [-0.3, -0.25) is 19.5 Å². The maximum Gasteiger partial charge on any atom is 0.257 e. The summed E-state index contributed by atoms with van der Waals surface area (Å²) in [7, 11) is 0. The van der Waals surface area contributed by atoms with Crippen LogP contribution in [0.2, 0.25) is 0 Å². The summed E-state index contributed by atoms with van der Waals surface area (Å²) in [5.41, 5.74) is 0.877. The number of rotatable bonds is 5. The van der Waals surface area contributed by atoms with Crippen molar-refractivity contribution in [1.29, 1.82) is 0 Å². The summed E-state index contributed by atoms with van der Waals surface area (Å²) in [6, 6.07) is 0.943. The van der Waals surface area contributed by atoms with Crippen molar-refractivity contribution in [3.63, 3.8) is 0 Å². The fraction of sp³-hybridized carbons (Fsp3) is 0.400. The van der Waals surface area contributed by atoms with Gasteiger partial charge in [0.05, 0.1) is 22.2 Å². The van der Waals surface area contributed by atoms with Gasteiger partial charge in [-0.05, 0) is 56.5 Å². The molecule has 0 spiro atoms. The van der Waals surface area contributed by atoms with Crippen LogP contribution in [0.25, 0.3) is 10.9 Å². The van der Waals surface area contributed by atoms with E-state index >= 15 is 8.78 Å².